The van der Waals surface area contributed by atoms with Crippen molar-refractivity contribution in [3.8, 4) is 5.75 Å². The van der Waals surface area contributed by atoms with Crippen molar-refractivity contribution in [2.45, 2.75) is 20.8 Å². The second-order valence-corrected chi connectivity index (χ2v) is 6.24. The molecular formula is C17H16N2O2S. The lowest BCUT2D eigenvalue weighted by Crippen LogP contribution is -2.11. The third-order valence-electron chi connectivity index (χ3n) is 3.85. The first-order valence-electron chi connectivity index (χ1n) is 6.94. The van der Waals surface area contributed by atoms with Gasteiger partial charge in [-0.1, -0.05) is 29.5 Å². The van der Waals surface area contributed by atoms with Crippen LogP contribution in [0.15, 0.2) is 30.3 Å². The molecule has 3 aromatic rings. The van der Waals surface area contributed by atoms with Crippen LogP contribution in [0, 0.1) is 20.8 Å². The number of phenols is 1. The molecule has 0 unspecified atom stereocenters. The largest absolute Gasteiger partial charge is 0.507 e. The highest BCUT2D eigenvalue weighted by Gasteiger charge is 2.17. The summed E-state index contributed by atoms with van der Waals surface area (Å²) < 4.78 is 0.906. The maximum absolute atomic E-state index is 12.2. The molecule has 0 saturated heterocycles. The van der Waals surface area contributed by atoms with Crippen molar-refractivity contribution >= 4 is 32.6 Å². The molecule has 0 fully saturated rings. The van der Waals surface area contributed by atoms with E-state index in [2.05, 4.69) is 10.3 Å². The zero-order valence-electron chi connectivity index (χ0n) is 12.6. The highest BCUT2D eigenvalue weighted by Crippen LogP contribution is 2.38. The van der Waals surface area contributed by atoms with Crippen LogP contribution in [0.5, 0.6) is 5.75 Å². The van der Waals surface area contributed by atoms with E-state index >= 15 is 0 Å². The van der Waals surface area contributed by atoms with Gasteiger partial charge in [-0.25, -0.2) is 4.98 Å². The maximum atomic E-state index is 12.2. The Hall–Kier alpha value is -2.40. The molecule has 5 heteroatoms. The molecule has 4 nitrogen and oxygen atoms in total. The molecular weight excluding hydrogens is 296 g/mol. The number of anilines is 1. The quantitative estimate of drug-likeness (QED) is 0.746. The number of fused-ring (bicyclic) bond motifs is 1. The van der Waals surface area contributed by atoms with Crippen molar-refractivity contribution in [3.05, 3.63) is 52.6 Å². The minimum absolute atomic E-state index is 0.184. The Morgan fingerprint density at radius 3 is 2.45 bits per heavy atom. The normalized spacial score (nSPS) is 10.9. The molecule has 0 aliphatic rings. The van der Waals surface area contributed by atoms with E-state index in [0.717, 1.165) is 26.9 Å². The SMILES string of the molecule is Cc1c(O)c(C)c2sc(NC(=O)c3ccccc3)nc2c1C. The highest BCUT2D eigenvalue weighted by atomic mass is 32.1. The van der Waals surface area contributed by atoms with Gasteiger partial charge in [0.25, 0.3) is 5.91 Å². The summed E-state index contributed by atoms with van der Waals surface area (Å²) in [7, 11) is 0. The van der Waals surface area contributed by atoms with Crippen LogP contribution in [-0.2, 0) is 0 Å². The topological polar surface area (TPSA) is 62.2 Å². The molecule has 1 aromatic heterocycles. The zero-order valence-corrected chi connectivity index (χ0v) is 13.4. The summed E-state index contributed by atoms with van der Waals surface area (Å²) in [6.07, 6.45) is 0. The molecule has 112 valence electrons. The molecule has 0 saturated carbocycles. The van der Waals surface area contributed by atoms with Crippen molar-refractivity contribution in [2.75, 3.05) is 5.32 Å². The molecule has 1 amide bonds. The van der Waals surface area contributed by atoms with Gasteiger partial charge in [-0.2, -0.15) is 0 Å². The number of carbonyl (C=O) groups excluding carboxylic acids is 1. The summed E-state index contributed by atoms with van der Waals surface area (Å²) in [6.45, 7) is 5.67. The van der Waals surface area contributed by atoms with E-state index in [9.17, 15) is 9.90 Å². The van der Waals surface area contributed by atoms with Crippen LogP contribution < -0.4 is 5.32 Å². The first kappa shape index (κ1) is 14.5. The molecule has 0 aliphatic heterocycles. The fraction of sp³-hybridized carbons (Fsp3) is 0.176. The molecule has 0 aliphatic carbocycles. The van der Waals surface area contributed by atoms with Gasteiger partial charge in [-0.15, -0.1) is 0 Å². The number of aromatic hydroxyl groups is 1. The van der Waals surface area contributed by atoms with Gasteiger partial charge in [0.05, 0.1) is 10.2 Å². The van der Waals surface area contributed by atoms with Gasteiger partial charge in [0.1, 0.15) is 5.75 Å². The number of aryl methyl sites for hydroxylation is 2. The van der Waals surface area contributed by atoms with Crippen molar-refractivity contribution in [2.24, 2.45) is 0 Å². The molecule has 1 heterocycles. The van der Waals surface area contributed by atoms with Gasteiger partial charge >= 0.3 is 0 Å². The number of thiazole rings is 1. The minimum atomic E-state index is -0.184. The third kappa shape index (κ3) is 2.33. The number of nitrogens with one attached hydrogen (secondary N) is 1. The summed E-state index contributed by atoms with van der Waals surface area (Å²) in [5, 5.41) is 13.5. The average Bonchev–Trinajstić information content (AvgIpc) is 2.95. The molecule has 0 atom stereocenters. The first-order chi connectivity index (χ1) is 10.5. The molecule has 0 radical (unpaired) electrons. The Bertz CT molecular complexity index is 824. The number of hydrogen-bond donors (Lipinski definition) is 2. The second-order valence-electron chi connectivity index (χ2n) is 5.24. The van der Waals surface area contributed by atoms with Gasteiger partial charge in [0, 0.05) is 11.1 Å². The van der Waals surface area contributed by atoms with E-state index in [1.807, 2.05) is 39.0 Å². The predicted molar refractivity (Wildman–Crippen MR) is 89.9 cm³/mol. The van der Waals surface area contributed by atoms with Gasteiger partial charge in [-0.05, 0) is 44.0 Å². The number of benzene rings is 2. The second kappa shape index (κ2) is 5.42. The van der Waals surface area contributed by atoms with E-state index in [-0.39, 0.29) is 5.91 Å². The zero-order chi connectivity index (χ0) is 15.9. The minimum Gasteiger partial charge on any atom is -0.507 e. The molecule has 0 bridgehead atoms. The van der Waals surface area contributed by atoms with Crippen molar-refractivity contribution < 1.29 is 9.90 Å². The van der Waals surface area contributed by atoms with E-state index in [1.54, 1.807) is 12.1 Å². The lowest BCUT2D eigenvalue weighted by molar-refractivity contribution is 0.102. The number of phenolic OH excluding ortho intramolecular Hbond substituents is 1. The number of hydrogen-bond acceptors (Lipinski definition) is 4. The van der Waals surface area contributed by atoms with Gasteiger partial charge in [0.2, 0.25) is 0 Å². The van der Waals surface area contributed by atoms with Crippen LogP contribution in [0.2, 0.25) is 0 Å². The predicted octanol–water partition coefficient (Wildman–Crippen LogP) is 4.18. The molecule has 22 heavy (non-hydrogen) atoms. The van der Waals surface area contributed by atoms with E-state index in [1.165, 1.54) is 11.3 Å². The number of carbonyl (C=O) groups is 1. The van der Waals surface area contributed by atoms with Gasteiger partial charge in [0.15, 0.2) is 5.13 Å². The monoisotopic (exact) mass is 312 g/mol. The molecule has 0 spiro atoms. The number of aromatic nitrogens is 1. The average molecular weight is 312 g/mol. The smallest absolute Gasteiger partial charge is 0.257 e. The van der Waals surface area contributed by atoms with Crippen LogP contribution in [0.4, 0.5) is 5.13 Å². The fourth-order valence-corrected chi connectivity index (χ4v) is 3.40. The van der Waals surface area contributed by atoms with Crippen LogP contribution in [0.3, 0.4) is 0 Å². The van der Waals surface area contributed by atoms with Gasteiger partial charge < -0.3 is 5.11 Å². The third-order valence-corrected chi connectivity index (χ3v) is 4.94. The van der Waals surface area contributed by atoms with Crippen LogP contribution in [-0.4, -0.2) is 16.0 Å². The highest BCUT2D eigenvalue weighted by molar-refractivity contribution is 7.22. The Labute approximate surface area is 132 Å². The summed E-state index contributed by atoms with van der Waals surface area (Å²) in [6, 6.07) is 9.03. The fourth-order valence-electron chi connectivity index (χ4n) is 2.38. The number of amides is 1. The summed E-state index contributed by atoms with van der Waals surface area (Å²) >= 11 is 1.38. The Kier molecular flexibility index (Phi) is 3.58. The number of nitrogens with zero attached hydrogens (tertiary/aromatic N) is 1. The molecule has 2 aromatic carbocycles. The molecule has 2 N–H and O–H groups in total. The maximum Gasteiger partial charge on any atom is 0.257 e. The number of rotatable bonds is 2. The Morgan fingerprint density at radius 1 is 1.09 bits per heavy atom. The standard InChI is InChI=1S/C17H16N2O2S/c1-9-10(2)14(20)11(3)15-13(9)18-17(22-15)19-16(21)12-7-5-4-6-8-12/h4-8,20H,1-3H3,(H,18,19,21). The Balaban J connectivity index is 2.01. The summed E-state index contributed by atoms with van der Waals surface area (Å²) in [5.74, 6) is 0.116. The Morgan fingerprint density at radius 2 is 1.77 bits per heavy atom. The van der Waals surface area contributed by atoms with Crippen LogP contribution in [0.1, 0.15) is 27.0 Å². The van der Waals surface area contributed by atoms with E-state index in [4.69, 9.17) is 0 Å². The first-order valence-corrected chi connectivity index (χ1v) is 7.76. The van der Waals surface area contributed by atoms with E-state index in [0.29, 0.717) is 16.4 Å². The van der Waals surface area contributed by atoms with Crippen LogP contribution in [0.25, 0.3) is 10.2 Å². The van der Waals surface area contributed by atoms with Crippen molar-refractivity contribution in [1.29, 1.82) is 0 Å². The van der Waals surface area contributed by atoms with Crippen molar-refractivity contribution in [3.63, 3.8) is 0 Å². The summed E-state index contributed by atoms with van der Waals surface area (Å²) in [5.41, 5.74) is 4.00. The van der Waals surface area contributed by atoms with Gasteiger partial charge in [-0.3, -0.25) is 10.1 Å². The molecule has 3 rings (SSSR count). The van der Waals surface area contributed by atoms with Crippen molar-refractivity contribution in [1.82, 2.24) is 4.98 Å². The lowest BCUT2D eigenvalue weighted by Gasteiger charge is -2.07. The van der Waals surface area contributed by atoms with Crippen LogP contribution >= 0.6 is 11.3 Å². The lowest BCUT2D eigenvalue weighted by atomic mass is 10.0. The summed E-state index contributed by atoms with van der Waals surface area (Å²) in [4.78, 5) is 16.7. The van der Waals surface area contributed by atoms with E-state index < -0.39 is 0 Å².